The average molecular weight is 372 g/mol. The van der Waals surface area contributed by atoms with E-state index in [4.69, 9.17) is 9.47 Å². The molecule has 5 rings (SSSR count). The molecular weight excluding hydrogens is 344 g/mol. The van der Waals surface area contributed by atoms with Crippen molar-refractivity contribution in [2.45, 2.75) is 44.9 Å². The van der Waals surface area contributed by atoms with Crippen molar-refractivity contribution in [3.05, 3.63) is 23.8 Å². The van der Waals surface area contributed by atoms with Crippen molar-refractivity contribution in [3.63, 3.8) is 0 Å². The van der Waals surface area contributed by atoms with E-state index in [1.165, 1.54) is 19.3 Å². The lowest BCUT2D eigenvalue weighted by Gasteiger charge is -2.55. The number of ether oxygens (including phenoxy) is 2. The quantitative estimate of drug-likeness (QED) is 0.779. The Bertz CT molecular complexity index is 710. The van der Waals surface area contributed by atoms with Gasteiger partial charge < -0.3 is 9.47 Å². The highest BCUT2D eigenvalue weighted by atomic mass is 16.5. The van der Waals surface area contributed by atoms with Crippen molar-refractivity contribution >= 4 is 11.8 Å². The van der Waals surface area contributed by atoms with E-state index in [0.29, 0.717) is 29.3 Å². The predicted molar refractivity (Wildman–Crippen MR) is 100 cm³/mol. The van der Waals surface area contributed by atoms with Gasteiger partial charge >= 0.3 is 0 Å². The fourth-order valence-electron chi connectivity index (χ4n) is 5.87. The predicted octanol–water partition coefficient (Wildman–Crippen LogP) is 2.61. The van der Waals surface area contributed by atoms with E-state index in [9.17, 15) is 9.59 Å². The molecule has 0 heterocycles. The topological polar surface area (TPSA) is 76.7 Å². The first kappa shape index (κ1) is 18.1. The van der Waals surface area contributed by atoms with Crippen LogP contribution in [0.5, 0.6) is 11.5 Å². The zero-order valence-electron chi connectivity index (χ0n) is 16.0. The highest BCUT2D eigenvalue weighted by Crippen LogP contribution is 2.60. The Hall–Kier alpha value is -2.24. The molecule has 4 fully saturated rings. The van der Waals surface area contributed by atoms with Crippen LogP contribution in [0.15, 0.2) is 18.2 Å². The molecule has 27 heavy (non-hydrogen) atoms. The number of carbonyl (C=O) groups is 2. The molecule has 6 heteroatoms. The van der Waals surface area contributed by atoms with E-state index in [-0.39, 0.29) is 23.7 Å². The van der Waals surface area contributed by atoms with E-state index in [1.807, 2.05) is 6.07 Å². The molecule has 0 aliphatic heterocycles. The number of methoxy groups -OCH3 is 2. The van der Waals surface area contributed by atoms with Crippen LogP contribution >= 0.6 is 0 Å². The van der Waals surface area contributed by atoms with Crippen molar-refractivity contribution in [1.82, 2.24) is 10.9 Å². The Morgan fingerprint density at radius 3 is 2.11 bits per heavy atom. The number of carbonyl (C=O) groups excluding carboxylic acids is 2. The molecule has 2 amide bonds. The van der Waals surface area contributed by atoms with Crippen molar-refractivity contribution < 1.29 is 19.1 Å². The molecular formula is C21H28N2O4. The zero-order valence-corrected chi connectivity index (χ0v) is 16.0. The molecule has 1 aromatic carbocycles. The third-order valence-electron chi connectivity index (χ3n) is 6.65. The molecule has 0 unspecified atom stereocenters. The molecule has 4 bridgehead atoms. The first-order valence-corrected chi connectivity index (χ1v) is 9.81. The van der Waals surface area contributed by atoms with Crippen LogP contribution in [0.1, 0.15) is 44.1 Å². The molecule has 0 saturated heterocycles. The van der Waals surface area contributed by atoms with Gasteiger partial charge in [0.05, 0.1) is 26.1 Å². The van der Waals surface area contributed by atoms with E-state index >= 15 is 0 Å². The van der Waals surface area contributed by atoms with Gasteiger partial charge in [-0.3, -0.25) is 20.4 Å². The lowest BCUT2D eigenvalue weighted by atomic mass is 9.49. The SMILES string of the molecule is COc1ccc(CC(=O)NNC(=O)C23CC4CC(CC(C4)C2)C3)cc1OC. The van der Waals surface area contributed by atoms with E-state index in [1.54, 1.807) is 26.4 Å². The summed E-state index contributed by atoms with van der Waals surface area (Å²) >= 11 is 0. The first-order valence-electron chi connectivity index (χ1n) is 9.81. The molecule has 2 N–H and O–H groups in total. The number of hydrogen-bond acceptors (Lipinski definition) is 4. The summed E-state index contributed by atoms with van der Waals surface area (Å²) in [5.41, 5.74) is 5.87. The van der Waals surface area contributed by atoms with Gasteiger partial charge in [-0.05, 0) is 74.0 Å². The van der Waals surface area contributed by atoms with Crippen LogP contribution in [0.3, 0.4) is 0 Å². The normalized spacial score (nSPS) is 30.7. The summed E-state index contributed by atoms with van der Waals surface area (Å²) < 4.78 is 10.5. The van der Waals surface area contributed by atoms with Crippen molar-refractivity contribution in [2.24, 2.45) is 23.2 Å². The van der Waals surface area contributed by atoms with Crippen molar-refractivity contribution in [1.29, 1.82) is 0 Å². The van der Waals surface area contributed by atoms with E-state index in [2.05, 4.69) is 10.9 Å². The van der Waals surface area contributed by atoms with E-state index in [0.717, 1.165) is 24.8 Å². The smallest absolute Gasteiger partial charge is 0.244 e. The van der Waals surface area contributed by atoms with Crippen LogP contribution in [0.4, 0.5) is 0 Å². The molecule has 146 valence electrons. The van der Waals surface area contributed by atoms with Crippen LogP contribution in [-0.4, -0.2) is 26.0 Å². The third-order valence-corrected chi connectivity index (χ3v) is 6.65. The second-order valence-electron chi connectivity index (χ2n) is 8.57. The molecule has 6 nitrogen and oxygen atoms in total. The Kier molecular flexibility index (Phi) is 4.74. The van der Waals surface area contributed by atoms with Gasteiger partial charge in [0.15, 0.2) is 11.5 Å². The summed E-state index contributed by atoms with van der Waals surface area (Å²) in [5.74, 6) is 3.07. The van der Waals surface area contributed by atoms with Gasteiger partial charge in [-0.15, -0.1) is 0 Å². The van der Waals surface area contributed by atoms with Crippen LogP contribution in [0.25, 0.3) is 0 Å². The number of hydrazine groups is 1. The summed E-state index contributed by atoms with van der Waals surface area (Å²) in [6, 6.07) is 5.37. The molecule has 4 aliphatic carbocycles. The average Bonchev–Trinajstić information content (AvgIpc) is 2.64. The Morgan fingerprint density at radius 1 is 0.963 bits per heavy atom. The van der Waals surface area contributed by atoms with Crippen molar-refractivity contribution in [3.8, 4) is 11.5 Å². The lowest BCUT2D eigenvalue weighted by Crippen LogP contribution is -2.56. The van der Waals surface area contributed by atoms with Gasteiger partial charge in [0.1, 0.15) is 0 Å². The summed E-state index contributed by atoms with van der Waals surface area (Å²) in [5, 5.41) is 0. The Morgan fingerprint density at radius 2 is 1.56 bits per heavy atom. The molecule has 4 aliphatic rings. The monoisotopic (exact) mass is 372 g/mol. The van der Waals surface area contributed by atoms with Crippen molar-refractivity contribution in [2.75, 3.05) is 14.2 Å². The fourth-order valence-corrected chi connectivity index (χ4v) is 5.87. The minimum atomic E-state index is -0.259. The number of hydrogen-bond donors (Lipinski definition) is 2. The Balaban J connectivity index is 1.34. The number of rotatable bonds is 5. The number of amides is 2. The zero-order chi connectivity index (χ0) is 19.0. The minimum Gasteiger partial charge on any atom is -0.493 e. The largest absolute Gasteiger partial charge is 0.493 e. The standard InChI is InChI=1S/C21H28N2O4/c1-26-17-4-3-13(8-18(17)27-2)9-19(24)22-23-20(25)21-10-14-5-15(11-21)7-16(6-14)12-21/h3-4,8,14-16H,5-7,9-12H2,1-2H3,(H,22,24)(H,23,25). The van der Waals surface area contributed by atoms with Gasteiger partial charge in [0, 0.05) is 0 Å². The second kappa shape index (κ2) is 7.06. The maximum absolute atomic E-state index is 12.9. The van der Waals surface area contributed by atoms with Crippen LogP contribution in [-0.2, 0) is 16.0 Å². The fraction of sp³-hybridized carbons (Fsp3) is 0.619. The molecule has 0 spiro atoms. The van der Waals surface area contributed by atoms with Gasteiger partial charge in [-0.1, -0.05) is 6.07 Å². The van der Waals surface area contributed by atoms with E-state index < -0.39 is 0 Å². The number of benzene rings is 1. The number of nitrogens with one attached hydrogen (secondary N) is 2. The summed E-state index contributed by atoms with van der Waals surface area (Å²) in [7, 11) is 3.14. The van der Waals surface area contributed by atoms with Crippen LogP contribution < -0.4 is 20.3 Å². The molecule has 0 aromatic heterocycles. The lowest BCUT2D eigenvalue weighted by molar-refractivity contribution is -0.148. The second-order valence-corrected chi connectivity index (χ2v) is 8.57. The molecule has 1 aromatic rings. The molecule has 0 radical (unpaired) electrons. The highest BCUT2D eigenvalue weighted by Gasteiger charge is 2.54. The van der Waals surface area contributed by atoms with Gasteiger partial charge in [-0.2, -0.15) is 0 Å². The van der Waals surface area contributed by atoms with Gasteiger partial charge in [0.25, 0.3) is 0 Å². The third kappa shape index (κ3) is 3.49. The van der Waals surface area contributed by atoms with Gasteiger partial charge in [-0.25, -0.2) is 0 Å². The highest BCUT2D eigenvalue weighted by molar-refractivity contribution is 5.87. The molecule has 4 saturated carbocycles. The van der Waals surface area contributed by atoms with Crippen LogP contribution in [0.2, 0.25) is 0 Å². The Labute approximate surface area is 160 Å². The maximum atomic E-state index is 12.9. The first-order chi connectivity index (χ1) is 13.0. The maximum Gasteiger partial charge on any atom is 0.244 e. The summed E-state index contributed by atoms with van der Waals surface area (Å²) in [4.78, 5) is 25.2. The minimum absolute atomic E-state index is 0.00209. The van der Waals surface area contributed by atoms with Gasteiger partial charge in [0.2, 0.25) is 11.8 Å². The molecule has 0 atom stereocenters. The summed E-state index contributed by atoms with van der Waals surface area (Å²) in [6.45, 7) is 0. The summed E-state index contributed by atoms with van der Waals surface area (Å²) in [6.07, 6.45) is 6.99. The van der Waals surface area contributed by atoms with Crippen LogP contribution in [0, 0.1) is 23.2 Å².